The fraction of sp³-hybridized carbons (Fsp3) is 0.200. The summed E-state index contributed by atoms with van der Waals surface area (Å²) >= 11 is 0. The second kappa shape index (κ2) is 8.02. The molecular weight excluding hydrogens is 312 g/mol. The van der Waals surface area contributed by atoms with Gasteiger partial charge in [0.2, 0.25) is 0 Å². The maximum Gasteiger partial charge on any atom is 0.267 e. The highest BCUT2D eigenvalue weighted by Crippen LogP contribution is 2.16. The lowest BCUT2D eigenvalue weighted by atomic mass is 10.2. The first-order valence-electron chi connectivity index (χ1n) is 8.28. The Kier molecular flexibility index (Phi) is 5.32. The number of carbonyl (C=O) groups excluding carboxylic acids is 1. The van der Waals surface area contributed by atoms with Crippen LogP contribution in [0.25, 0.3) is 0 Å². The monoisotopic (exact) mass is 332 g/mol. The van der Waals surface area contributed by atoms with Gasteiger partial charge in [-0.25, -0.2) is 0 Å². The summed E-state index contributed by atoms with van der Waals surface area (Å²) in [6.07, 6.45) is 1.67. The fourth-order valence-corrected chi connectivity index (χ4v) is 2.79. The number of carbonyl (C=O) groups is 1. The van der Waals surface area contributed by atoms with E-state index < -0.39 is 0 Å². The molecule has 2 aromatic carbocycles. The third-order valence-corrected chi connectivity index (χ3v) is 4.14. The van der Waals surface area contributed by atoms with E-state index in [0.29, 0.717) is 5.69 Å². The molecular formula is C20H20N4O. The first kappa shape index (κ1) is 16.6. The Morgan fingerprint density at radius 3 is 2.16 bits per heavy atom. The molecule has 1 fully saturated rings. The third-order valence-electron chi connectivity index (χ3n) is 4.14. The zero-order valence-electron chi connectivity index (χ0n) is 13.9. The lowest BCUT2D eigenvalue weighted by molar-refractivity contribution is -0.112. The topological polar surface area (TPSA) is 59.4 Å². The molecule has 5 heteroatoms. The summed E-state index contributed by atoms with van der Waals surface area (Å²) in [5.41, 5.74) is 2.01. The zero-order chi connectivity index (χ0) is 17.5. The first-order chi connectivity index (χ1) is 12.3. The summed E-state index contributed by atoms with van der Waals surface area (Å²) < 4.78 is 0. The van der Waals surface area contributed by atoms with Crippen LogP contribution in [-0.2, 0) is 4.79 Å². The van der Waals surface area contributed by atoms with Crippen LogP contribution in [0.1, 0.15) is 0 Å². The van der Waals surface area contributed by atoms with Crippen molar-refractivity contribution in [2.75, 3.05) is 36.4 Å². The lowest BCUT2D eigenvalue weighted by Crippen LogP contribution is -2.44. The molecule has 2 aromatic rings. The van der Waals surface area contributed by atoms with Gasteiger partial charge < -0.3 is 15.1 Å². The summed E-state index contributed by atoms with van der Waals surface area (Å²) in [5, 5.41) is 12.1. The van der Waals surface area contributed by atoms with Gasteiger partial charge in [0.05, 0.1) is 0 Å². The van der Waals surface area contributed by atoms with Gasteiger partial charge in [0.1, 0.15) is 11.6 Å². The molecule has 1 aliphatic rings. The number of amides is 1. The van der Waals surface area contributed by atoms with E-state index >= 15 is 0 Å². The van der Waals surface area contributed by atoms with E-state index in [1.165, 1.54) is 5.69 Å². The van der Waals surface area contributed by atoms with Crippen LogP contribution < -0.4 is 10.2 Å². The Morgan fingerprint density at radius 2 is 1.56 bits per heavy atom. The minimum absolute atomic E-state index is 0.122. The van der Waals surface area contributed by atoms with Crippen molar-refractivity contribution in [3.63, 3.8) is 0 Å². The Morgan fingerprint density at radius 1 is 0.960 bits per heavy atom. The van der Waals surface area contributed by atoms with E-state index in [2.05, 4.69) is 22.3 Å². The number of nitrogens with one attached hydrogen (secondary N) is 1. The largest absolute Gasteiger partial charge is 0.373 e. The smallest absolute Gasteiger partial charge is 0.267 e. The van der Waals surface area contributed by atoms with Gasteiger partial charge in [0.25, 0.3) is 5.91 Å². The molecule has 0 radical (unpaired) electrons. The maximum atomic E-state index is 12.3. The molecule has 3 rings (SSSR count). The molecule has 0 unspecified atom stereocenters. The number of nitriles is 1. The van der Waals surface area contributed by atoms with Crippen molar-refractivity contribution in [1.29, 1.82) is 5.26 Å². The van der Waals surface area contributed by atoms with Crippen molar-refractivity contribution in [2.45, 2.75) is 0 Å². The summed E-state index contributed by atoms with van der Waals surface area (Å²) in [6, 6.07) is 21.4. The standard InChI is InChI=1S/C20H20N4O/c21-15-17(20(25)22-18-7-3-1-4-8-18)16-23-11-13-24(14-12-23)19-9-5-2-6-10-19/h1-10,16H,11-14H2,(H,22,25). The van der Waals surface area contributed by atoms with Crippen LogP contribution in [0.15, 0.2) is 72.4 Å². The average molecular weight is 332 g/mol. The fourth-order valence-electron chi connectivity index (χ4n) is 2.79. The Bertz CT molecular complexity index is 772. The van der Waals surface area contributed by atoms with Crippen molar-refractivity contribution in [3.8, 4) is 6.07 Å². The van der Waals surface area contributed by atoms with E-state index in [9.17, 15) is 10.1 Å². The van der Waals surface area contributed by atoms with Gasteiger partial charge in [-0.15, -0.1) is 0 Å². The van der Waals surface area contributed by atoms with Crippen molar-refractivity contribution in [3.05, 3.63) is 72.4 Å². The molecule has 0 saturated carbocycles. The number of anilines is 2. The lowest BCUT2D eigenvalue weighted by Gasteiger charge is -2.35. The van der Waals surface area contributed by atoms with Crippen LogP contribution in [0.5, 0.6) is 0 Å². The van der Waals surface area contributed by atoms with Crippen LogP contribution in [0, 0.1) is 11.3 Å². The van der Waals surface area contributed by atoms with Gasteiger partial charge >= 0.3 is 0 Å². The summed E-state index contributed by atoms with van der Waals surface area (Å²) in [6.45, 7) is 3.27. The van der Waals surface area contributed by atoms with E-state index in [0.717, 1.165) is 26.2 Å². The number of piperazine rings is 1. The molecule has 1 saturated heterocycles. The number of rotatable bonds is 4. The molecule has 126 valence electrons. The highest BCUT2D eigenvalue weighted by molar-refractivity contribution is 6.06. The minimum Gasteiger partial charge on any atom is -0.373 e. The number of para-hydroxylation sites is 2. The Labute approximate surface area is 147 Å². The van der Waals surface area contributed by atoms with E-state index in [-0.39, 0.29) is 11.5 Å². The Balaban J connectivity index is 1.60. The van der Waals surface area contributed by atoms with Crippen LogP contribution in [0.3, 0.4) is 0 Å². The van der Waals surface area contributed by atoms with Crippen LogP contribution >= 0.6 is 0 Å². The quantitative estimate of drug-likeness (QED) is 0.691. The van der Waals surface area contributed by atoms with Crippen molar-refractivity contribution >= 4 is 17.3 Å². The molecule has 0 spiro atoms. The number of benzene rings is 2. The van der Waals surface area contributed by atoms with Crippen LogP contribution in [0.4, 0.5) is 11.4 Å². The molecule has 1 amide bonds. The molecule has 0 bridgehead atoms. The first-order valence-corrected chi connectivity index (χ1v) is 8.28. The van der Waals surface area contributed by atoms with Crippen molar-refractivity contribution in [1.82, 2.24) is 4.90 Å². The Hall–Kier alpha value is -3.26. The van der Waals surface area contributed by atoms with Gasteiger partial charge in [-0.05, 0) is 24.3 Å². The number of hydrogen-bond donors (Lipinski definition) is 1. The molecule has 1 N–H and O–H groups in total. The molecule has 0 aliphatic carbocycles. The van der Waals surface area contributed by atoms with Gasteiger partial charge in [0.15, 0.2) is 0 Å². The molecule has 0 atom stereocenters. The molecule has 1 heterocycles. The van der Waals surface area contributed by atoms with Crippen LogP contribution in [-0.4, -0.2) is 37.0 Å². The highest BCUT2D eigenvalue weighted by Gasteiger charge is 2.17. The SMILES string of the molecule is N#CC(=CN1CCN(c2ccccc2)CC1)C(=O)Nc1ccccc1. The highest BCUT2D eigenvalue weighted by atomic mass is 16.1. The predicted molar refractivity (Wildman–Crippen MR) is 99.0 cm³/mol. The number of hydrogen-bond acceptors (Lipinski definition) is 4. The maximum absolute atomic E-state index is 12.3. The average Bonchev–Trinajstić information content (AvgIpc) is 2.68. The normalized spacial score (nSPS) is 14.8. The summed E-state index contributed by atoms with van der Waals surface area (Å²) in [4.78, 5) is 16.6. The molecule has 5 nitrogen and oxygen atoms in total. The van der Waals surface area contributed by atoms with Crippen molar-refractivity contribution in [2.24, 2.45) is 0 Å². The van der Waals surface area contributed by atoms with Gasteiger partial charge in [-0.1, -0.05) is 36.4 Å². The molecule has 0 aromatic heterocycles. The number of nitrogens with zero attached hydrogens (tertiary/aromatic N) is 3. The van der Waals surface area contributed by atoms with Gasteiger partial charge in [0, 0.05) is 43.8 Å². The van der Waals surface area contributed by atoms with E-state index in [4.69, 9.17) is 0 Å². The third kappa shape index (κ3) is 4.39. The predicted octanol–water partition coefficient (Wildman–Crippen LogP) is 2.85. The summed E-state index contributed by atoms with van der Waals surface area (Å²) in [5.74, 6) is -0.376. The van der Waals surface area contributed by atoms with E-state index in [1.807, 2.05) is 47.4 Å². The summed E-state index contributed by atoms with van der Waals surface area (Å²) in [7, 11) is 0. The minimum atomic E-state index is -0.376. The van der Waals surface area contributed by atoms with Crippen molar-refractivity contribution < 1.29 is 4.79 Å². The van der Waals surface area contributed by atoms with E-state index in [1.54, 1.807) is 18.3 Å². The molecule has 25 heavy (non-hydrogen) atoms. The second-order valence-electron chi connectivity index (χ2n) is 5.83. The van der Waals surface area contributed by atoms with Gasteiger partial charge in [-0.2, -0.15) is 5.26 Å². The van der Waals surface area contributed by atoms with Gasteiger partial charge in [-0.3, -0.25) is 4.79 Å². The molecule has 1 aliphatic heterocycles. The van der Waals surface area contributed by atoms with Crippen LogP contribution in [0.2, 0.25) is 0 Å². The second-order valence-corrected chi connectivity index (χ2v) is 5.83. The zero-order valence-corrected chi connectivity index (χ0v) is 13.9.